The number of aryl methyl sites for hydroxylation is 1. The summed E-state index contributed by atoms with van der Waals surface area (Å²) in [6.07, 6.45) is 0. The number of nitrogens with one attached hydrogen (secondary N) is 2. The van der Waals surface area contributed by atoms with Crippen LogP contribution in [0.2, 0.25) is 0 Å². The van der Waals surface area contributed by atoms with E-state index in [9.17, 15) is 14.7 Å². The first-order valence-electron chi connectivity index (χ1n) is 5.10. The van der Waals surface area contributed by atoms with Crippen molar-refractivity contribution in [3.63, 3.8) is 0 Å². The number of hydrogen-bond donors (Lipinski definition) is 3. The molecule has 2 aromatic rings. The summed E-state index contributed by atoms with van der Waals surface area (Å²) in [4.78, 5) is 26.1. The third-order valence-electron chi connectivity index (χ3n) is 2.20. The summed E-state index contributed by atoms with van der Waals surface area (Å²) in [5.41, 5.74) is -0.335. The Labute approximate surface area is 101 Å². The molecule has 7 nitrogen and oxygen atoms in total. The van der Waals surface area contributed by atoms with Crippen LogP contribution < -0.4 is 11.2 Å². The van der Waals surface area contributed by atoms with Gasteiger partial charge in [0.1, 0.15) is 0 Å². The fourth-order valence-electron chi connectivity index (χ4n) is 1.28. The molecule has 1 heterocycles. The molecule has 1 aromatic heterocycles. The highest BCUT2D eigenvalue weighted by Crippen LogP contribution is 2.20. The van der Waals surface area contributed by atoms with E-state index in [0.29, 0.717) is 5.69 Å². The van der Waals surface area contributed by atoms with Crippen LogP contribution in [0.25, 0.3) is 0 Å². The highest BCUT2D eigenvalue weighted by molar-refractivity contribution is 5.44. The highest BCUT2D eigenvalue weighted by atomic mass is 16.3. The Morgan fingerprint density at radius 2 is 1.72 bits per heavy atom. The lowest BCUT2D eigenvalue weighted by molar-refractivity contribution is 0.450. The van der Waals surface area contributed by atoms with E-state index in [1.54, 1.807) is 12.1 Å². The van der Waals surface area contributed by atoms with E-state index in [1.165, 1.54) is 0 Å². The minimum atomic E-state index is -0.799. The second-order valence-electron chi connectivity index (χ2n) is 3.64. The van der Waals surface area contributed by atoms with Crippen LogP contribution in [-0.2, 0) is 0 Å². The molecule has 2 rings (SSSR count). The van der Waals surface area contributed by atoms with Gasteiger partial charge in [0.25, 0.3) is 5.56 Å². The predicted molar refractivity (Wildman–Crippen MR) is 64.7 cm³/mol. The van der Waals surface area contributed by atoms with E-state index in [1.807, 2.05) is 29.0 Å². The first kappa shape index (κ1) is 11.8. The number of aromatic amines is 2. The summed E-state index contributed by atoms with van der Waals surface area (Å²) in [5, 5.41) is 16.8. The molecule has 7 heteroatoms. The minimum absolute atomic E-state index is 0.338. The van der Waals surface area contributed by atoms with Gasteiger partial charge >= 0.3 is 5.69 Å². The molecule has 0 spiro atoms. The second kappa shape index (κ2) is 4.66. The average Bonchev–Trinajstić information content (AvgIpc) is 2.30. The molecule has 0 radical (unpaired) electrons. The van der Waals surface area contributed by atoms with Gasteiger partial charge in [0.15, 0.2) is 0 Å². The Morgan fingerprint density at radius 1 is 1.06 bits per heavy atom. The zero-order valence-corrected chi connectivity index (χ0v) is 9.47. The Balaban J connectivity index is 2.38. The van der Waals surface area contributed by atoms with Gasteiger partial charge in [0, 0.05) is 0 Å². The third kappa shape index (κ3) is 2.51. The van der Waals surface area contributed by atoms with Gasteiger partial charge in [-0.2, -0.15) is 5.11 Å². The van der Waals surface area contributed by atoms with Crippen LogP contribution in [0.4, 0.5) is 11.4 Å². The predicted octanol–water partition coefficient (Wildman–Crippen LogP) is 1.49. The van der Waals surface area contributed by atoms with Crippen LogP contribution >= 0.6 is 0 Å². The topological polar surface area (TPSA) is 111 Å². The van der Waals surface area contributed by atoms with Crippen LogP contribution in [0.5, 0.6) is 5.88 Å². The fourth-order valence-corrected chi connectivity index (χ4v) is 1.28. The van der Waals surface area contributed by atoms with Gasteiger partial charge in [-0.05, 0) is 19.1 Å². The zero-order valence-electron chi connectivity index (χ0n) is 9.47. The van der Waals surface area contributed by atoms with Gasteiger partial charge in [-0.3, -0.25) is 14.8 Å². The summed E-state index contributed by atoms with van der Waals surface area (Å²) >= 11 is 0. The number of aromatic hydroxyl groups is 1. The molecule has 18 heavy (non-hydrogen) atoms. The molecule has 0 atom stereocenters. The summed E-state index contributed by atoms with van der Waals surface area (Å²) in [5.74, 6) is -0.611. The molecule has 0 fully saturated rings. The van der Waals surface area contributed by atoms with E-state index in [-0.39, 0.29) is 5.69 Å². The van der Waals surface area contributed by atoms with Crippen molar-refractivity contribution in [2.45, 2.75) is 6.92 Å². The van der Waals surface area contributed by atoms with E-state index in [0.717, 1.165) is 5.56 Å². The summed E-state index contributed by atoms with van der Waals surface area (Å²) in [6.45, 7) is 1.93. The molecule has 92 valence electrons. The highest BCUT2D eigenvalue weighted by Gasteiger charge is 2.06. The van der Waals surface area contributed by atoms with Gasteiger partial charge < -0.3 is 5.11 Å². The summed E-state index contributed by atoms with van der Waals surface area (Å²) in [7, 11) is 0. The van der Waals surface area contributed by atoms with Gasteiger partial charge in [0.2, 0.25) is 11.6 Å². The molecular weight excluding hydrogens is 236 g/mol. The summed E-state index contributed by atoms with van der Waals surface area (Å²) < 4.78 is 0. The van der Waals surface area contributed by atoms with Crippen LogP contribution in [0, 0.1) is 6.92 Å². The Morgan fingerprint density at radius 3 is 2.33 bits per heavy atom. The normalized spacial score (nSPS) is 10.9. The van der Waals surface area contributed by atoms with Crippen molar-refractivity contribution in [2.75, 3.05) is 0 Å². The summed E-state index contributed by atoms with van der Waals surface area (Å²) in [6, 6.07) is 7.11. The van der Waals surface area contributed by atoms with Crippen LogP contribution in [-0.4, -0.2) is 15.1 Å². The Bertz CT molecular complexity index is 697. The fraction of sp³-hybridized carbons (Fsp3) is 0.0909. The molecule has 0 saturated carbocycles. The molecule has 1 aromatic carbocycles. The van der Waals surface area contributed by atoms with E-state index >= 15 is 0 Å². The van der Waals surface area contributed by atoms with Crippen molar-refractivity contribution in [3.05, 3.63) is 50.7 Å². The molecule has 0 unspecified atom stereocenters. The van der Waals surface area contributed by atoms with Crippen molar-refractivity contribution >= 4 is 11.4 Å². The number of azo groups is 1. The van der Waals surface area contributed by atoms with Crippen molar-refractivity contribution in [3.8, 4) is 5.88 Å². The molecule has 0 amide bonds. The van der Waals surface area contributed by atoms with Crippen molar-refractivity contribution < 1.29 is 5.11 Å². The van der Waals surface area contributed by atoms with Crippen LogP contribution in [0.3, 0.4) is 0 Å². The first-order valence-corrected chi connectivity index (χ1v) is 5.10. The number of benzene rings is 1. The minimum Gasteiger partial charge on any atom is -0.493 e. The van der Waals surface area contributed by atoms with Crippen molar-refractivity contribution in [1.82, 2.24) is 9.97 Å². The number of hydrogen-bond acceptors (Lipinski definition) is 5. The maximum atomic E-state index is 11.3. The number of nitrogens with zero attached hydrogens (tertiary/aromatic N) is 2. The maximum Gasteiger partial charge on any atom is 0.328 e. The molecule has 0 aliphatic carbocycles. The van der Waals surface area contributed by atoms with E-state index < -0.39 is 17.1 Å². The Kier molecular flexibility index (Phi) is 3.05. The molecular formula is C11H10N4O3. The van der Waals surface area contributed by atoms with Gasteiger partial charge in [0.05, 0.1) is 5.69 Å². The van der Waals surface area contributed by atoms with Gasteiger partial charge in [-0.1, -0.05) is 17.7 Å². The average molecular weight is 246 g/mol. The SMILES string of the molecule is Cc1ccc(N=Nc2c(O)[nH]c(=O)[nH]c2=O)cc1. The van der Waals surface area contributed by atoms with Crippen molar-refractivity contribution in [2.24, 2.45) is 10.2 Å². The quantitative estimate of drug-likeness (QED) is 0.698. The maximum absolute atomic E-state index is 11.3. The van der Waals surface area contributed by atoms with E-state index in [4.69, 9.17) is 0 Å². The lowest BCUT2D eigenvalue weighted by atomic mass is 10.2. The smallest absolute Gasteiger partial charge is 0.328 e. The van der Waals surface area contributed by atoms with Crippen LogP contribution in [0.15, 0.2) is 44.1 Å². The number of aromatic nitrogens is 2. The lowest BCUT2D eigenvalue weighted by Crippen LogP contribution is -2.20. The van der Waals surface area contributed by atoms with E-state index in [2.05, 4.69) is 10.2 Å². The van der Waals surface area contributed by atoms with Gasteiger partial charge in [-0.15, -0.1) is 5.11 Å². The first-order chi connectivity index (χ1) is 8.56. The van der Waals surface area contributed by atoms with Crippen molar-refractivity contribution in [1.29, 1.82) is 0 Å². The second-order valence-corrected chi connectivity index (χ2v) is 3.64. The van der Waals surface area contributed by atoms with Gasteiger partial charge in [-0.25, -0.2) is 4.79 Å². The number of H-pyrrole nitrogens is 2. The largest absolute Gasteiger partial charge is 0.493 e. The van der Waals surface area contributed by atoms with Crippen LogP contribution in [0.1, 0.15) is 5.56 Å². The third-order valence-corrected chi connectivity index (χ3v) is 2.20. The monoisotopic (exact) mass is 246 g/mol. The number of rotatable bonds is 2. The molecule has 0 aliphatic heterocycles. The zero-order chi connectivity index (χ0) is 13.1. The molecule has 0 saturated heterocycles. The Hall–Kier alpha value is -2.70. The lowest BCUT2D eigenvalue weighted by Gasteiger charge is -1.96. The standard InChI is InChI=1S/C11H10N4O3/c1-6-2-4-7(5-3-6)14-15-8-9(16)12-11(18)13-10(8)17/h2-5H,1H3,(H3,12,13,16,17,18). The molecule has 0 bridgehead atoms. The molecule has 3 N–H and O–H groups in total. The molecule has 0 aliphatic rings.